The van der Waals surface area contributed by atoms with Crippen LogP contribution in [0.15, 0.2) is 24.3 Å². The fourth-order valence-electron chi connectivity index (χ4n) is 1.97. The maximum absolute atomic E-state index is 11.3. The van der Waals surface area contributed by atoms with Gasteiger partial charge in [0.15, 0.2) is 0 Å². The van der Waals surface area contributed by atoms with E-state index in [0.29, 0.717) is 5.92 Å². The van der Waals surface area contributed by atoms with Crippen LogP contribution in [0.1, 0.15) is 38.3 Å². The lowest BCUT2D eigenvalue weighted by Crippen LogP contribution is -2.30. The molecule has 1 atom stereocenters. The first-order valence-corrected chi connectivity index (χ1v) is 6.79. The minimum atomic E-state index is -0.835. The molecule has 1 aliphatic rings. The molecular weight excluding hydrogens is 242 g/mol. The molecule has 4 heteroatoms. The van der Waals surface area contributed by atoms with E-state index in [1.165, 1.54) is 12.8 Å². The minimum Gasteiger partial charge on any atom is -0.491 e. The number of ether oxygens (including phenoxy) is 1. The largest absolute Gasteiger partial charge is 0.491 e. The normalized spacial score (nSPS) is 16.4. The summed E-state index contributed by atoms with van der Waals surface area (Å²) in [5, 5.41) is 12.4. The lowest BCUT2D eigenvalue weighted by atomic mass is 10.1. The molecule has 0 aliphatic heterocycles. The van der Waals surface area contributed by atoms with E-state index in [1.807, 2.05) is 38.1 Å². The molecule has 0 spiro atoms. The van der Waals surface area contributed by atoms with Gasteiger partial charge in [-0.3, -0.25) is 4.79 Å². The zero-order valence-corrected chi connectivity index (χ0v) is 11.4. The molecular formula is C15H21NO3. The van der Waals surface area contributed by atoms with E-state index < -0.39 is 12.0 Å². The van der Waals surface area contributed by atoms with Gasteiger partial charge in [0.25, 0.3) is 0 Å². The number of carbonyl (C=O) groups is 1. The molecule has 1 aromatic rings. The molecule has 1 fully saturated rings. The fourth-order valence-corrected chi connectivity index (χ4v) is 1.97. The number of hydrogen-bond acceptors (Lipinski definition) is 3. The smallest absolute Gasteiger partial charge is 0.325 e. The van der Waals surface area contributed by atoms with Crippen molar-refractivity contribution in [2.24, 2.45) is 5.92 Å². The molecule has 0 aromatic heterocycles. The standard InChI is InChI=1S/C15H21NO3/c1-10(2)19-13-7-5-12(6-8-13)14(15(17)18)16-9-11-3-4-11/h5-8,10-11,14,16H,3-4,9H2,1-2H3,(H,17,18). The van der Waals surface area contributed by atoms with E-state index >= 15 is 0 Å². The molecule has 2 rings (SSSR count). The Labute approximate surface area is 113 Å². The van der Waals surface area contributed by atoms with Crippen molar-refractivity contribution in [3.8, 4) is 5.75 Å². The SMILES string of the molecule is CC(C)Oc1ccc(C(NCC2CC2)C(=O)O)cc1. The first kappa shape index (κ1) is 13.9. The van der Waals surface area contributed by atoms with Gasteiger partial charge in [-0.1, -0.05) is 12.1 Å². The summed E-state index contributed by atoms with van der Waals surface area (Å²) in [6.07, 6.45) is 2.54. The van der Waals surface area contributed by atoms with Crippen molar-refractivity contribution < 1.29 is 14.6 Å². The van der Waals surface area contributed by atoms with Gasteiger partial charge < -0.3 is 15.2 Å². The van der Waals surface area contributed by atoms with Gasteiger partial charge in [-0.05, 0) is 56.8 Å². The van der Waals surface area contributed by atoms with Crippen LogP contribution in [0.4, 0.5) is 0 Å². The molecule has 1 saturated carbocycles. The van der Waals surface area contributed by atoms with Gasteiger partial charge in [-0.2, -0.15) is 0 Å². The second-order valence-electron chi connectivity index (χ2n) is 5.36. The van der Waals surface area contributed by atoms with Crippen molar-refractivity contribution in [2.75, 3.05) is 6.54 Å². The van der Waals surface area contributed by atoms with Gasteiger partial charge in [-0.15, -0.1) is 0 Å². The summed E-state index contributed by atoms with van der Waals surface area (Å²) in [5.74, 6) is 0.591. The maximum Gasteiger partial charge on any atom is 0.325 e. The van der Waals surface area contributed by atoms with Crippen LogP contribution >= 0.6 is 0 Å². The second-order valence-corrected chi connectivity index (χ2v) is 5.36. The molecule has 0 bridgehead atoms. The van der Waals surface area contributed by atoms with Gasteiger partial charge in [0.2, 0.25) is 0 Å². The number of benzene rings is 1. The Hall–Kier alpha value is -1.55. The summed E-state index contributed by atoms with van der Waals surface area (Å²) in [5.41, 5.74) is 0.768. The summed E-state index contributed by atoms with van der Waals surface area (Å²) in [6, 6.07) is 6.65. The molecule has 0 saturated heterocycles. The highest BCUT2D eigenvalue weighted by atomic mass is 16.5. The summed E-state index contributed by atoms with van der Waals surface area (Å²) in [4.78, 5) is 11.3. The van der Waals surface area contributed by atoms with Crippen molar-refractivity contribution in [2.45, 2.75) is 38.8 Å². The van der Waals surface area contributed by atoms with E-state index in [2.05, 4.69) is 5.32 Å². The van der Waals surface area contributed by atoms with Crippen molar-refractivity contribution in [3.63, 3.8) is 0 Å². The fraction of sp³-hybridized carbons (Fsp3) is 0.533. The molecule has 0 amide bonds. The highest BCUT2D eigenvalue weighted by molar-refractivity contribution is 5.75. The Balaban J connectivity index is 2.01. The van der Waals surface area contributed by atoms with E-state index in [4.69, 9.17) is 4.74 Å². The Kier molecular flexibility index (Phi) is 4.43. The molecule has 1 aliphatic carbocycles. The van der Waals surface area contributed by atoms with Gasteiger partial charge in [0.1, 0.15) is 11.8 Å². The maximum atomic E-state index is 11.3. The number of aliphatic carboxylic acids is 1. The van der Waals surface area contributed by atoms with Crippen LogP contribution in [0.2, 0.25) is 0 Å². The number of hydrogen-bond donors (Lipinski definition) is 2. The van der Waals surface area contributed by atoms with Crippen LogP contribution in [0, 0.1) is 5.92 Å². The topological polar surface area (TPSA) is 58.6 Å². The van der Waals surface area contributed by atoms with Gasteiger partial charge in [0, 0.05) is 0 Å². The molecule has 1 aromatic carbocycles. The summed E-state index contributed by atoms with van der Waals surface area (Å²) in [6.45, 7) is 4.71. The van der Waals surface area contributed by atoms with Gasteiger partial charge in [-0.25, -0.2) is 0 Å². The quantitative estimate of drug-likeness (QED) is 0.794. The lowest BCUT2D eigenvalue weighted by molar-refractivity contribution is -0.139. The predicted octanol–water partition coefficient (Wildman–Crippen LogP) is 2.60. The number of carboxylic acids is 1. The Morgan fingerprint density at radius 2 is 2.00 bits per heavy atom. The first-order chi connectivity index (χ1) is 9.06. The molecule has 4 nitrogen and oxygen atoms in total. The molecule has 0 heterocycles. The summed E-state index contributed by atoms with van der Waals surface area (Å²) >= 11 is 0. The van der Waals surface area contributed by atoms with Gasteiger partial charge in [0.05, 0.1) is 6.10 Å². The lowest BCUT2D eigenvalue weighted by Gasteiger charge is -2.16. The first-order valence-electron chi connectivity index (χ1n) is 6.79. The van der Waals surface area contributed by atoms with Crippen molar-refractivity contribution in [1.82, 2.24) is 5.32 Å². The Morgan fingerprint density at radius 3 is 2.47 bits per heavy atom. The van der Waals surface area contributed by atoms with Crippen molar-refractivity contribution in [3.05, 3.63) is 29.8 Å². The number of rotatable bonds is 7. The van der Waals surface area contributed by atoms with E-state index in [9.17, 15) is 9.90 Å². The van der Waals surface area contributed by atoms with E-state index in [0.717, 1.165) is 17.9 Å². The Bertz CT molecular complexity index is 424. The van der Waals surface area contributed by atoms with Crippen LogP contribution < -0.4 is 10.1 Å². The molecule has 0 radical (unpaired) electrons. The highest BCUT2D eigenvalue weighted by Crippen LogP contribution is 2.29. The van der Waals surface area contributed by atoms with Crippen LogP contribution in [-0.2, 0) is 4.79 Å². The molecule has 19 heavy (non-hydrogen) atoms. The van der Waals surface area contributed by atoms with E-state index in [-0.39, 0.29) is 6.10 Å². The molecule has 2 N–H and O–H groups in total. The average molecular weight is 263 g/mol. The summed E-state index contributed by atoms with van der Waals surface area (Å²) < 4.78 is 5.55. The van der Waals surface area contributed by atoms with Crippen LogP contribution in [0.3, 0.4) is 0 Å². The van der Waals surface area contributed by atoms with Crippen molar-refractivity contribution >= 4 is 5.97 Å². The third kappa shape index (κ3) is 4.24. The average Bonchev–Trinajstić information content (AvgIpc) is 3.14. The third-order valence-electron chi connectivity index (χ3n) is 3.14. The van der Waals surface area contributed by atoms with Crippen LogP contribution in [0.25, 0.3) is 0 Å². The third-order valence-corrected chi connectivity index (χ3v) is 3.14. The van der Waals surface area contributed by atoms with E-state index in [1.54, 1.807) is 0 Å². The van der Waals surface area contributed by atoms with Crippen LogP contribution in [-0.4, -0.2) is 23.7 Å². The van der Waals surface area contributed by atoms with Crippen molar-refractivity contribution in [1.29, 1.82) is 0 Å². The highest BCUT2D eigenvalue weighted by Gasteiger charge is 2.25. The Morgan fingerprint density at radius 1 is 1.37 bits per heavy atom. The molecule has 1 unspecified atom stereocenters. The monoisotopic (exact) mass is 263 g/mol. The number of carboxylic acid groups (broad SMARTS) is 1. The molecule has 104 valence electrons. The second kappa shape index (κ2) is 6.06. The van der Waals surface area contributed by atoms with Crippen LogP contribution in [0.5, 0.6) is 5.75 Å². The zero-order valence-electron chi connectivity index (χ0n) is 11.4. The number of nitrogens with one attached hydrogen (secondary N) is 1. The van der Waals surface area contributed by atoms with Gasteiger partial charge >= 0.3 is 5.97 Å². The zero-order chi connectivity index (χ0) is 13.8. The minimum absolute atomic E-state index is 0.120. The predicted molar refractivity (Wildman–Crippen MR) is 73.3 cm³/mol. The summed E-state index contributed by atoms with van der Waals surface area (Å²) in [7, 11) is 0.